The average molecular weight is 410 g/mol. The van der Waals surface area contributed by atoms with E-state index in [4.69, 9.17) is 9.72 Å². The maximum atomic E-state index is 13.3. The van der Waals surface area contributed by atoms with Crippen LogP contribution in [0.15, 0.2) is 36.4 Å². The topological polar surface area (TPSA) is 59.5 Å². The largest absolute Gasteiger partial charge is 0.459 e. The van der Waals surface area contributed by atoms with Crippen molar-refractivity contribution in [2.24, 2.45) is 5.92 Å². The van der Waals surface area contributed by atoms with Crippen LogP contribution in [-0.4, -0.2) is 33.9 Å². The highest BCUT2D eigenvalue weighted by Gasteiger charge is 2.42. The molecule has 2 aliphatic rings. The molecule has 0 spiro atoms. The van der Waals surface area contributed by atoms with Crippen molar-refractivity contribution in [3.8, 4) is 11.1 Å². The lowest BCUT2D eigenvalue weighted by Gasteiger charge is -2.26. The molecular formula is C24H27FN2O3. The van der Waals surface area contributed by atoms with Crippen LogP contribution in [0.1, 0.15) is 57.0 Å². The van der Waals surface area contributed by atoms with Gasteiger partial charge in [-0.05, 0) is 69.0 Å². The molecule has 2 atom stereocenters. The molecule has 2 aromatic rings. The second-order valence-corrected chi connectivity index (χ2v) is 8.96. The summed E-state index contributed by atoms with van der Waals surface area (Å²) in [5.41, 5.74) is 3.06. The molecule has 2 saturated heterocycles. The summed E-state index contributed by atoms with van der Waals surface area (Å²) in [6.45, 7) is 6.34. The molecule has 4 rings (SSSR count). The number of cyclic esters (lactones) is 1. The van der Waals surface area contributed by atoms with Crippen LogP contribution in [0.25, 0.3) is 11.1 Å². The van der Waals surface area contributed by atoms with Gasteiger partial charge in [0, 0.05) is 25.1 Å². The third-order valence-electron chi connectivity index (χ3n) is 5.93. The predicted molar refractivity (Wildman–Crippen MR) is 111 cm³/mol. The number of amides is 1. The lowest BCUT2D eigenvalue weighted by molar-refractivity contribution is -0.150. The van der Waals surface area contributed by atoms with Gasteiger partial charge in [0.15, 0.2) is 0 Å². The number of benzene rings is 1. The van der Waals surface area contributed by atoms with Crippen LogP contribution in [0, 0.1) is 18.7 Å². The fraction of sp³-hybridized carbons (Fsp3) is 0.458. The van der Waals surface area contributed by atoms with Crippen molar-refractivity contribution in [2.75, 3.05) is 6.54 Å². The number of carbonyl (C=O) groups excluding carboxylic acids is 2. The van der Waals surface area contributed by atoms with Crippen molar-refractivity contribution in [1.82, 2.24) is 9.88 Å². The maximum Gasteiger partial charge on any atom is 0.310 e. The number of nitrogens with zero attached hydrogens (tertiary/aromatic N) is 2. The standard InChI is InChI=1S/C24H27FN2O3/c1-15-11-17(16-6-8-19(25)9-7-16)12-20(26-15)21-5-4-10-27(21)22(28)13-18-14-24(2,3)30-23(18)29/h6-9,11-12,18,21H,4-5,10,13-14H2,1-3H3/t18-,21+/m0/s1. The van der Waals surface area contributed by atoms with Gasteiger partial charge in [-0.3, -0.25) is 14.6 Å². The van der Waals surface area contributed by atoms with E-state index in [9.17, 15) is 14.0 Å². The molecule has 6 heteroatoms. The number of aromatic nitrogens is 1. The molecule has 1 amide bonds. The number of ether oxygens (including phenoxy) is 1. The summed E-state index contributed by atoms with van der Waals surface area (Å²) in [5.74, 6) is -0.958. The molecule has 0 aliphatic carbocycles. The van der Waals surface area contributed by atoms with Gasteiger partial charge in [0.2, 0.25) is 5.91 Å². The molecular weight excluding hydrogens is 383 g/mol. The number of hydrogen-bond acceptors (Lipinski definition) is 4. The number of carbonyl (C=O) groups is 2. The lowest BCUT2D eigenvalue weighted by Crippen LogP contribution is -2.33. The monoisotopic (exact) mass is 410 g/mol. The Morgan fingerprint density at radius 1 is 1.23 bits per heavy atom. The van der Waals surface area contributed by atoms with Crippen molar-refractivity contribution < 1.29 is 18.7 Å². The quantitative estimate of drug-likeness (QED) is 0.692. The highest BCUT2D eigenvalue weighted by atomic mass is 19.1. The Balaban J connectivity index is 1.55. The predicted octanol–water partition coefficient (Wildman–Crippen LogP) is 4.59. The zero-order chi connectivity index (χ0) is 21.5. The van der Waals surface area contributed by atoms with E-state index in [1.54, 1.807) is 12.1 Å². The number of hydrogen-bond donors (Lipinski definition) is 0. The third-order valence-corrected chi connectivity index (χ3v) is 5.93. The number of aryl methyl sites for hydroxylation is 1. The van der Waals surface area contributed by atoms with E-state index in [2.05, 4.69) is 0 Å². The van der Waals surface area contributed by atoms with Crippen LogP contribution < -0.4 is 0 Å². The summed E-state index contributed by atoms with van der Waals surface area (Å²) >= 11 is 0. The van der Waals surface area contributed by atoms with Gasteiger partial charge in [0.25, 0.3) is 0 Å². The molecule has 30 heavy (non-hydrogen) atoms. The Hall–Kier alpha value is -2.76. The van der Waals surface area contributed by atoms with Crippen molar-refractivity contribution in [3.05, 3.63) is 53.6 Å². The van der Waals surface area contributed by atoms with Gasteiger partial charge in [-0.2, -0.15) is 0 Å². The molecule has 5 nitrogen and oxygen atoms in total. The third kappa shape index (κ3) is 4.23. The van der Waals surface area contributed by atoms with Crippen molar-refractivity contribution in [1.29, 1.82) is 0 Å². The fourth-order valence-corrected chi connectivity index (χ4v) is 4.60. The molecule has 1 aromatic heterocycles. The molecule has 3 heterocycles. The number of halogens is 1. The molecule has 0 radical (unpaired) electrons. The van der Waals surface area contributed by atoms with Gasteiger partial charge in [0.1, 0.15) is 11.4 Å². The van der Waals surface area contributed by atoms with Crippen LogP contribution >= 0.6 is 0 Å². The van der Waals surface area contributed by atoms with Gasteiger partial charge in [0.05, 0.1) is 17.7 Å². The molecule has 158 valence electrons. The average Bonchev–Trinajstić information content (AvgIpc) is 3.26. The van der Waals surface area contributed by atoms with Crippen LogP contribution in [-0.2, 0) is 14.3 Å². The van der Waals surface area contributed by atoms with E-state index < -0.39 is 5.60 Å². The highest BCUT2D eigenvalue weighted by Crippen LogP contribution is 2.37. The van der Waals surface area contributed by atoms with Crippen LogP contribution in [0.3, 0.4) is 0 Å². The minimum atomic E-state index is -0.505. The molecule has 2 aliphatic heterocycles. The van der Waals surface area contributed by atoms with Crippen LogP contribution in [0.2, 0.25) is 0 Å². The zero-order valence-corrected chi connectivity index (χ0v) is 17.7. The Kier molecular flexibility index (Phi) is 5.35. The molecule has 0 bridgehead atoms. The van der Waals surface area contributed by atoms with Crippen LogP contribution in [0.4, 0.5) is 4.39 Å². The van der Waals surface area contributed by atoms with Gasteiger partial charge in [-0.1, -0.05) is 12.1 Å². The lowest BCUT2D eigenvalue weighted by atomic mass is 9.94. The Labute approximate surface area is 176 Å². The molecule has 0 saturated carbocycles. The second kappa shape index (κ2) is 7.82. The zero-order valence-electron chi connectivity index (χ0n) is 17.7. The van der Waals surface area contributed by atoms with Crippen molar-refractivity contribution >= 4 is 11.9 Å². The SMILES string of the molecule is Cc1cc(-c2ccc(F)cc2)cc([C@H]2CCCN2C(=O)C[C@H]2CC(C)(C)OC2=O)n1. The molecule has 0 unspecified atom stereocenters. The van der Waals surface area contributed by atoms with Crippen molar-refractivity contribution in [2.45, 2.75) is 58.1 Å². The summed E-state index contributed by atoms with van der Waals surface area (Å²) in [6, 6.07) is 10.2. The summed E-state index contributed by atoms with van der Waals surface area (Å²) in [6.07, 6.45) is 2.48. The maximum absolute atomic E-state index is 13.3. The number of esters is 1. The number of rotatable bonds is 4. The molecule has 1 aromatic carbocycles. The minimum absolute atomic E-state index is 0.0243. The highest BCUT2D eigenvalue weighted by molar-refractivity contribution is 5.84. The van der Waals surface area contributed by atoms with Gasteiger partial charge in [-0.25, -0.2) is 4.39 Å². The normalized spacial score (nSPS) is 22.9. The Bertz CT molecular complexity index is 971. The van der Waals surface area contributed by atoms with Crippen LogP contribution in [0.5, 0.6) is 0 Å². The first-order valence-electron chi connectivity index (χ1n) is 10.5. The number of likely N-dealkylation sites (tertiary alicyclic amines) is 1. The number of pyridine rings is 1. The van der Waals surface area contributed by atoms with E-state index in [0.29, 0.717) is 13.0 Å². The van der Waals surface area contributed by atoms with Crippen molar-refractivity contribution in [3.63, 3.8) is 0 Å². The minimum Gasteiger partial charge on any atom is -0.459 e. The smallest absolute Gasteiger partial charge is 0.310 e. The summed E-state index contributed by atoms with van der Waals surface area (Å²) in [7, 11) is 0. The summed E-state index contributed by atoms with van der Waals surface area (Å²) in [5, 5.41) is 0. The van der Waals surface area contributed by atoms with Gasteiger partial charge < -0.3 is 9.64 Å². The van der Waals surface area contributed by atoms with E-state index in [1.807, 2.05) is 37.8 Å². The van der Waals surface area contributed by atoms with E-state index in [1.165, 1.54) is 12.1 Å². The Morgan fingerprint density at radius 2 is 1.97 bits per heavy atom. The molecule has 2 fully saturated rings. The van der Waals surface area contributed by atoms with E-state index in [0.717, 1.165) is 35.4 Å². The second-order valence-electron chi connectivity index (χ2n) is 8.96. The molecule has 0 N–H and O–H groups in total. The van der Waals surface area contributed by atoms with E-state index in [-0.39, 0.29) is 36.1 Å². The first-order chi connectivity index (χ1) is 14.2. The fourth-order valence-electron chi connectivity index (χ4n) is 4.60. The van der Waals surface area contributed by atoms with Gasteiger partial charge in [-0.15, -0.1) is 0 Å². The summed E-state index contributed by atoms with van der Waals surface area (Å²) < 4.78 is 18.7. The first kappa shape index (κ1) is 20.5. The Morgan fingerprint density at radius 3 is 2.63 bits per heavy atom. The van der Waals surface area contributed by atoms with E-state index >= 15 is 0 Å². The van der Waals surface area contributed by atoms with Gasteiger partial charge >= 0.3 is 5.97 Å². The summed E-state index contributed by atoms with van der Waals surface area (Å²) in [4.78, 5) is 31.8. The first-order valence-corrected chi connectivity index (χ1v) is 10.5.